The van der Waals surface area contributed by atoms with E-state index in [1.165, 1.54) is 11.3 Å². The number of thiazole rings is 1. The average Bonchev–Trinajstić information content (AvgIpc) is 3.43. The number of fused-ring (bicyclic) bond motifs is 2. The molecule has 0 radical (unpaired) electrons. The minimum Gasteiger partial charge on any atom is -0.497 e. The monoisotopic (exact) mass is 436 g/mol. The van der Waals surface area contributed by atoms with Gasteiger partial charge in [0.25, 0.3) is 5.91 Å². The summed E-state index contributed by atoms with van der Waals surface area (Å²) < 4.78 is 11.8. The number of carbonyl (C=O) groups excluding carboxylic acids is 1. The lowest BCUT2D eigenvalue weighted by atomic mass is 10.1. The summed E-state index contributed by atoms with van der Waals surface area (Å²) in [5, 5.41) is 1.62. The molecular weight excluding hydrogens is 412 g/mol. The Morgan fingerprint density at radius 3 is 2.94 bits per heavy atom. The number of aromatic amines is 1. The number of rotatable bonds is 6. The highest BCUT2D eigenvalue weighted by Gasteiger charge is 2.25. The summed E-state index contributed by atoms with van der Waals surface area (Å²) in [7, 11) is 1.65. The van der Waals surface area contributed by atoms with E-state index in [-0.39, 0.29) is 5.91 Å². The summed E-state index contributed by atoms with van der Waals surface area (Å²) in [4.78, 5) is 25.8. The van der Waals surface area contributed by atoms with Crippen molar-refractivity contribution < 1.29 is 14.3 Å². The highest BCUT2D eigenvalue weighted by molar-refractivity contribution is 7.22. The molecule has 8 heteroatoms. The van der Waals surface area contributed by atoms with Gasteiger partial charge in [-0.3, -0.25) is 14.6 Å². The van der Waals surface area contributed by atoms with Crippen LogP contribution in [0.5, 0.6) is 5.75 Å². The fourth-order valence-corrected chi connectivity index (χ4v) is 4.90. The van der Waals surface area contributed by atoms with Gasteiger partial charge >= 0.3 is 0 Å². The second kappa shape index (κ2) is 8.66. The summed E-state index contributed by atoms with van der Waals surface area (Å²) in [6.45, 7) is 4.57. The molecule has 0 saturated carbocycles. The highest BCUT2D eigenvalue weighted by Crippen LogP contribution is 2.33. The summed E-state index contributed by atoms with van der Waals surface area (Å²) in [5.41, 5.74) is 2.48. The van der Waals surface area contributed by atoms with Crippen LogP contribution >= 0.6 is 11.3 Å². The molecular formula is C23H24N4O3S. The molecule has 31 heavy (non-hydrogen) atoms. The first-order chi connectivity index (χ1) is 15.2. The Morgan fingerprint density at radius 2 is 2.10 bits per heavy atom. The molecule has 1 aliphatic heterocycles. The Morgan fingerprint density at radius 1 is 1.26 bits per heavy atom. The lowest BCUT2D eigenvalue weighted by molar-refractivity contribution is 0.0391. The van der Waals surface area contributed by atoms with E-state index < -0.39 is 0 Å². The van der Waals surface area contributed by atoms with Gasteiger partial charge in [-0.25, -0.2) is 4.98 Å². The van der Waals surface area contributed by atoms with Gasteiger partial charge in [-0.15, -0.1) is 0 Å². The minimum absolute atomic E-state index is 0.0447. The molecule has 0 atom stereocenters. The van der Waals surface area contributed by atoms with Crippen molar-refractivity contribution in [1.82, 2.24) is 14.9 Å². The van der Waals surface area contributed by atoms with E-state index in [4.69, 9.17) is 14.5 Å². The number of morpholine rings is 1. The Bertz CT molecular complexity index is 1210. The van der Waals surface area contributed by atoms with Gasteiger partial charge in [-0.1, -0.05) is 29.5 Å². The van der Waals surface area contributed by atoms with Gasteiger partial charge in [-0.05, 0) is 24.3 Å². The number of hydrogen-bond donors (Lipinski definition) is 1. The summed E-state index contributed by atoms with van der Waals surface area (Å²) >= 11 is 1.51. The number of aromatic nitrogens is 2. The number of methoxy groups -OCH3 is 1. The van der Waals surface area contributed by atoms with E-state index in [0.717, 1.165) is 59.7 Å². The van der Waals surface area contributed by atoms with Crippen LogP contribution in [0.1, 0.15) is 10.4 Å². The summed E-state index contributed by atoms with van der Waals surface area (Å²) in [6, 6.07) is 13.7. The molecule has 7 nitrogen and oxygen atoms in total. The maximum Gasteiger partial charge on any atom is 0.262 e. The quantitative estimate of drug-likeness (QED) is 0.498. The number of anilines is 1. The maximum absolute atomic E-state index is 13.7. The zero-order chi connectivity index (χ0) is 21.2. The van der Waals surface area contributed by atoms with Crippen LogP contribution in [-0.2, 0) is 4.74 Å². The van der Waals surface area contributed by atoms with E-state index in [0.29, 0.717) is 17.2 Å². The van der Waals surface area contributed by atoms with E-state index in [2.05, 4.69) is 9.88 Å². The van der Waals surface area contributed by atoms with E-state index in [1.807, 2.05) is 47.4 Å². The van der Waals surface area contributed by atoms with Crippen molar-refractivity contribution in [1.29, 1.82) is 0 Å². The molecule has 2 aromatic heterocycles. The van der Waals surface area contributed by atoms with Crippen molar-refractivity contribution in [3.63, 3.8) is 0 Å². The smallest absolute Gasteiger partial charge is 0.262 e. The normalized spacial score (nSPS) is 14.9. The molecule has 1 amide bonds. The van der Waals surface area contributed by atoms with Crippen LogP contribution in [0.25, 0.3) is 21.1 Å². The van der Waals surface area contributed by atoms with Crippen LogP contribution < -0.4 is 9.64 Å². The standard InChI is InChI=1S/C23H24N4O3S/c1-29-16-6-7-20-21(14-16)31-23(25-20)27(9-8-26-10-12-30-13-11-26)22(28)18-15-24-19-5-3-2-4-17(18)19/h2-7,14-15,24H,8-13H2,1H3. The van der Waals surface area contributed by atoms with Gasteiger partial charge in [-0.2, -0.15) is 0 Å². The molecule has 5 rings (SSSR count). The molecule has 4 aromatic rings. The number of ether oxygens (including phenoxy) is 2. The molecule has 3 heterocycles. The summed E-state index contributed by atoms with van der Waals surface area (Å²) in [5.74, 6) is 0.738. The van der Waals surface area contributed by atoms with Crippen LogP contribution in [0.4, 0.5) is 5.13 Å². The lowest BCUT2D eigenvalue weighted by Gasteiger charge is -2.29. The fraction of sp³-hybridized carbons (Fsp3) is 0.304. The number of nitrogens with one attached hydrogen (secondary N) is 1. The van der Waals surface area contributed by atoms with Crippen molar-refractivity contribution in [2.24, 2.45) is 0 Å². The first-order valence-corrected chi connectivity index (χ1v) is 11.2. The van der Waals surface area contributed by atoms with E-state index in [9.17, 15) is 4.79 Å². The van der Waals surface area contributed by atoms with Crippen molar-refractivity contribution in [3.05, 3.63) is 54.2 Å². The zero-order valence-electron chi connectivity index (χ0n) is 17.3. The zero-order valence-corrected chi connectivity index (χ0v) is 18.2. The fourth-order valence-electron chi connectivity index (χ4n) is 3.88. The highest BCUT2D eigenvalue weighted by atomic mass is 32.1. The third kappa shape index (κ3) is 4.01. The molecule has 2 aromatic carbocycles. The van der Waals surface area contributed by atoms with Crippen molar-refractivity contribution in [2.45, 2.75) is 0 Å². The van der Waals surface area contributed by atoms with Gasteiger partial charge in [0, 0.05) is 43.3 Å². The Kier molecular flexibility index (Phi) is 5.59. The van der Waals surface area contributed by atoms with Gasteiger partial charge in [0.2, 0.25) is 0 Å². The van der Waals surface area contributed by atoms with Gasteiger partial charge in [0.1, 0.15) is 5.75 Å². The first kappa shape index (κ1) is 20.0. The molecule has 0 bridgehead atoms. The number of carbonyl (C=O) groups is 1. The Hall–Kier alpha value is -2.94. The second-order valence-corrected chi connectivity index (χ2v) is 8.50. The van der Waals surface area contributed by atoms with E-state index >= 15 is 0 Å². The van der Waals surface area contributed by atoms with Crippen LogP contribution in [0, 0.1) is 0 Å². The molecule has 0 unspecified atom stereocenters. The van der Waals surface area contributed by atoms with Crippen molar-refractivity contribution in [3.8, 4) is 5.75 Å². The van der Waals surface area contributed by atoms with Crippen molar-refractivity contribution >= 4 is 43.5 Å². The largest absolute Gasteiger partial charge is 0.497 e. The summed E-state index contributed by atoms with van der Waals surface area (Å²) in [6.07, 6.45) is 1.80. The van der Waals surface area contributed by atoms with Crippen LogP contribution in [-0.4, -0.2) is 67.3 Å². The predicted octanol–water partition coefficient (Wildman–Crippen LogP) is 3.77. The molecule has 1 N–H and O–H groups in total. The molecule has 0 aliphatic carbocycles. The third-order valence-corrected chi connectivity index (χ3v) is 6.66. The van der Waals surface area contributed by atoms with Crippen LogP contribution in [0.3, 0.4) is 0 Å². The van der Waals surface area contributed by atoms with Gasteiger partial charge < -0.3 is 14.5 Å². The topological polar surface area (TPSA) is 70.7 Å². The number of amides is 1. The predicted molar refractivity (Wildman–Crippen MR) is 123 cm³/mol. The molecule has 160 valence electrons. The number of hydrogen-bond acceptors (Lipinski definition) is 6. The lowest BCUT2D eigenvalue weighted by Crippen LogP contribution is -2.43. The Labute approximate surface area is 184 Å². The Balaban J connectivity index is 1.49. The number of H-pyrrole nitrogens is 1. The van der Waals surface area contributed by atoms with Gasteiger partial charge in [0.15, 0.2) is 5.13 Å². The minimum atomic E-state index is -0.0447. The molecule has 1 aliphatic rings. The SMILES string of the molecule is COc1ccc2nc(N(CCN3CCOCC3)C(=O)c3c[nH]c4ccccc34)sc2c1. The molecule has 1 saturated heterocycles. The third-order valence-electron chi connectivity index (χ3n) is 5.62. The molecule has 0 spiro atoms. The number of para-hydroxylation sites is 1. The molecule has 1 fully saturated rings. The number of nitrogens with zero attached hydrogens (tertiary/aromatic N) is 3. The van der Waals surface area contributed by atoms with E-state index in [1.54, 1.807) is 13.3 Å². The second-order valence-electron chi connectivity index (χ2n) is 7.49. The average molecular weight is 437 g/mol. The van der Waals surface area contributed by atoms with Crippen LogP contribution in [0.15, 0.2) is 48.7 Å². The number of benzene rings is 2. The van der Waals surface area contributed by atoms with Crippen LogP contribution in [0.2, 0.25) is 0 Å². The van der Waals surface area contributed by atoms with Gasteiger partial charge in [0.05, 0.1) is 36.1 Å². The first-order valence-electron chi connectivity index (χ1n) is 10.4. The maximum atomic E-state index is 13.7. The van der Waals surface area contributed by atoms with Crippen molar-refractivity contribution in [2.75, 3.05) is 51.4 Å².